The van der Waals surface area contributed by atoms with Gasteiger partial charge in [0.1, 0.15) is 5.75 Å². The molecule has 35 heavy (non-hydrogen) atoms. The lowest BCUT2D eigenvalue weighted by atomic mass is 9.85. The van der Waals surface area contributed by atoms with Crippen molar-refractivity contribution in [2.24, 2.45) is 11.8 Å². The normalized spacial score (nSPS) is 25.3. The third-order valence-electron chi connectivity index (χ3n) is 7.16. The second-order valence-electron chi connectivity index (χ2n) is 9.09. The summed E-state index contributed by atoms with van der Waals surface area (Å²) in [5.41, 5.74) is 2.00. The van der Waals surface area contributed by atoms with Crippen LogP contribution in [-0.4, -0.2) is 33.7 Å². The molecule has 4 atom stereocenters. The molecule has 3 aromatic rings. The van der Waals surface area contributed by atoms with Crippen molar-refractivity contribution >= 4 is 35.3 Å². The number of nitrogens with one attached hydrogen (secondary N) is 1. The molecule has 3 heterocycles. The zero-order valence-electron chi connectivity index (χ0n) is 19.1. The van der Waals surface area contributed by atoms with Crippen molar-refractivity contribution in [1.29, 1.82) is 0 Å². The number of benzene rings is 2. The minimum Gasteiger partial charge on any atom is -0.496 e. The number of anilines is 2. The van der Waals surface area contributed by atoms with E-state index in [4.69, 9.17) is 21.4 Å². The Morgan fingerprint density at radius 1 is 1.00 bits per heavy atom. The van der Waals surface area contributed by atoms with Gasteiger partial charge in [-0.3, -0.25) is 9.59 Å². The van der Waals surface area contributed by atoms with Crippen LogP contribution in [0.25, 0.3) is 0 Å². The average Bonchev–Trinajstić information content (AvgIpc) is 3.42. The van der Waals surface area contributed by atoms with Crippen molar-refractivity contribution in [1.82, 2.24) is 14.8 Å². The summed E-state index contributed by atoms with van der Waals surface area (Å²) in [6.07, 6.45) is 5.74. The topological polar surface area (TPSA) is 89.3 Å². The van der Waals surface area contributed by atoms with E-state index in [1.165, 1.54) is 4.90 Å². The first-order valence-corrected chi connectivity index (χ1v) is 12.1. The van der Waals surface area contributed by atoms with Crippen LogP contribution >= 0.6 is 11.6 Å². The highest BCUT2D eigenvalue weighted by Crippen LogP contribution is 2.43. The quantitative estimate of drug-likeness (QED) is 0.427. The van der Waals surface area contributed by atoms with E-state index in [0.29, 0.717) is 30.2 Å². The predicted molar refractivity (Wildman–Crippen MR) is 131 cm³/mol. The lowest BCUT2D eigenvalue weighted by Gasteiger charge is -2.32. The van der Waals surface area contributed by atoms with Crippen molar-refractivity contribution in [3.8, 4) is 5.75 Å². The molecule has 1 fully saturated rings. The highest BCUT2D eigenvalue weighted by Gasteiger charge is 2.50. The number of imide groups is 1. The summed E-state index contributed by atoms with van der Waals surface area (Å²) in [4.78, 5) is 32.2. The fourth-order valence-corrected chi connectivity index (χ4v) is 5.50. The molecule has 0 bridgehead atoms. The summed E-state index contributed by atoms with van der Waals surface area (Å²) in [6.45, 7) is 0. The number of carbonyl (C=O) groups is 2. The number of fused-ring (bicyclic) bond motifs is 2. The Morgan fingerprint density at radius 3 is 2.37 bits per heavy atom. The summed E-state index contributed by atoms with van der Waals surface area (Å²) < 4.78 is 7.41. The van der Waals surface area contributed by atoms with E-state index < -0.39 is 0 Å². The Labute approximate surface area is 207 Å². The highest BCUT2D eigenvalue weighted by atomic mass is 35.5. The molecule has 8 nitrogen and oxygen atoms in total. The number of amides is 2. The van der Waals surface area contributed by atoms with Gasteiger partial charge in [-0.1, -0.05) is 54.1 Å². The Bertz CT molecular complexity index is 1310. The number of ether oxygens (including phenoxy) is 1. The van der Waals surface area contributed by atoms with Crippen LogP contribution in [0.15, 0.2) is 60.7 Å². The molecule has 1 N–H and O–H groups in total. The Kier molecular flexibility index (Phi) is 5.33. The van der Waals surface area contributed by atoms with Crippen molar-refractivity contribution in [2.75, 3.05) is 17.3 Å². The van der Waals surface area contributed by atoms with Gasteiger partial charge in [0.15, 0.2) is 0 Å². The van der Waals surface area contributed by atoms with Crippen LogP contribution in [0.2, 0.25) is 5.02 Å². The number of halogens is 1. The van der Waals surface area contributed by atoms with Crippen molar-refractivity contribution in [3.05, 3.63) is 76.8 Å². The zero-order valence-corrected chi connectivity index (χ0v) is 19.9. The summed E-state index contributed by atoms with van der Waals surface area (Å²) in [5, 5.41) is 8.81. The number of rotatable bonds is 4. The third kappa shape index (κ3) is 3.60. The molecule has 1 aliphatic carbocycles. The van der Waals surface area contributed by atoms with Crippen molar-refractivity contribution < 1.29 is 14.3 Å². The standard InChI is InChI=1S/C26H24ClN5O3/c1-35-22-9-5-4-8-19(22)21-14-20(15-10-12-16(27)13-11-15)28-25-29-26(30-32(21)25)31-23(33)17-6-2-3-7-18(17)24(31)34/h2-5,8-13,17-18,20-21H,6-7,14H2,1H3,(H,28,29,30)/t17-,18-,20+,21-/m0/s1. The van der Waals surface area contributed by atoms with Gasteiger partial charge in [-0.25, -0.2) is 9.58 Å². The minimum atomic E-state index is -0.340. The number of aromatic nitrogens is 3. The van der Waals surface area contributed by atoms with Gasteiger partial charge in [0.25, 0.3) is 5.95 Å². The molecular formula is C26H24ClN5O3. The van der Waals surface area contributed by atoms with E-state index in [-0.39, 0.29) is 41.7 Å². The molecule has 0 saturated carbocycles. The number of hydrogen-bond acceptors (Lipinski definition) is 6. The lowest BCUT2D eigenvalue weighted by molar-refractivity contribution is -0.122. The van der Waals surface area contributed by atoms with Crippen LogP contribution in [0.4, 0.5) is 11.9 Å². The van der Waals surface area contributed by atoms with Crippen LogP contribution in [-0.2, 0) is 9.59 Å². The van der Waals surface area contributed by atoms with E-state index in [9.17, 15) is 9.59 Å². The van der Waals surface area contributed by atoms with E-state index in [0.717, 1.165) is 16.9 Å². The van der Waals surface area contributed by atoms with E-state index >= 15 is 0 Å². The first-order valence-electron chi connectivity index (χ1n) is 11.7. The molecule has 2 amide bonds. The fraction of sp³-hybridized carbons (Fsp3) is 0.308. The molecule has 0 radical (unpaired) electrons. The van der Waals surface area contributed by atoms with Gasteiger partial charge in [-0.15, -0.1) is 5.10 Å². The van der Waals surface area contributed by atoms with Crippen molar-refractivity contribution in [2.45, 2.75) is 31.3 Å². The molecule has 1 aromatic heterocycles. The Hall–Kier alpha value is -3.65. The summed E-state index contributed by atoms with van der Waals surface area (Å²) in [7, 11) is 1.64. The molecular weight excluding hydrogens is 466 g/mol. The van der Waals surface area contributed by atoms with Gasteiger partial charge in [0, 0.05) is 10.6 Å². The number of para-hydroxylation sites is 1. The van der Waals surface area contributed by atoms with Crippen LogP contribution in [0, 0.1) is 11.8 Å². The number of allylic oxidation sites excluding steroid dienone is 2. The number of methoxy groups -OCH3 is 1. The van der Waals surface area contributed by atoms with Crippen LogP contribution < -0.4 is 15.0 Å². The maximum Gasteiger partial charge on any atom is 0.260 e. The van der Waals surface area contributed by atoms with E-state index in [1.807, 2.05) is 60.7 Å². The molecule has 1 saturated heterocycles. The molecule has 2 aliphatic heterocycles. The second kappa shape index (κ2) is 8.53. The van der Waals surface area contributed by atoms with Gasteiger partial charge < -0.3 is 10.1 Å². The summed E-state index contributed by atoms with van der Waals surface area (Å²) in [5.74, 6) is 0.221. The average molecular weight is 490 g/mol. The largest absolute Gasteiger partial charge is 0.496 e. The van der Waals surface area contributed by atoms with E-state index in [1.54, 1.807) is 11.8 Å². The SMILES string of the molecule is COc1ccccc1[C@@H]1C[C@H](c2ccc(Cl)cc2)Nc2nc(N3C(=O)[C@H]4CC=CC[C@@H]4C3=O)nn21. The fourth-order valence-electron chi connectivity index (χ4n) is 5.37. The van der Waals surface area contributed by atoms with Crippen LogP contribution in [0.1, 0.15) is 42.5 Å². The highest BCUT2D eigenvalue weighted by molar-refractivity contribution is 6.30. The lowest BCUT2D eigenvalue weighted by Crippen LogP contribution is -2.32. The minimum absolute atomic E-state index is 0.0801. The van der Waals surface area contributed by atoms with Gasteiger partial charge in [-0.2, -0.15) is 4.98 Å². The summed E-state index contributed by atoms with van der Waals surface area (Å²) >= 11 is 6.11. The second-order valence-corrected chi connectivity index (χ2v) is 9.53. The van der Waals surface area contributed by atoms with E-state index in [2.05, 4.69) is 10.3 Å². The molecule has 2 aromatic carbocycles. The maximum atomic E-state index is 13.2. The number of nitrogens with zero attached hydrogens (tertiary/aromatic N) is 4. The Balaban J connectivity index is 1.42. The van der Waals surface area contributed by atoms with Gasteiger partial charge >= 0.3 is 0 Å². The molecule has 178 valence electrons. The molecule has 0 spiro atoms. The monoisotopic (exact) mass is 489 g/mol. The Morgan fingerprint density at radius 2 is 1.69 bits per heavy atom. The van der Waals surface area contributed by atoms with Crippen LogP contribution in [0.5, 0.6) is 5.75 Å². The first-order chi connectivity index (χ1) is 17.0. The van der Waals surface area contributed by atoms with Gasteiger partial charge in [0.05, 0.1) is 31.0 Å². The summed E-state index contributed by atoms with van der Waals surface area (Å²) in [6, 6.07) is 15.2. The maximum absolute atomic E-state index is 13.2. The molecule has 0 unspecified atom stereocenters. The van der Waals surface area contributed by atoms with Crippen LogP contribution in [0.3, 0.4) is 0 Å². The number of carbonyl (C=O) groups excluding carboxylic acids is 2. The smallest absolute Gasteiger partial charge is 0.260 e. The molecule has 6 rings (SSSR count). The molecule has 3 aliphatic rings. The third-order valence-corrected chi connectivity index (χ3v) is 7.41. The van der Waals surface area contributed by atoms with Crippen molar-refractivity contribution in [3.63, 3.8) is 0 Å². The molecule has 9 heteroatoms. The van der Waals surface area contributed by atoms with Gasteiger partial charge in [0.2, 0.25) is 17.8 Å². The van der Waals surface area contributed by atoms with Gasteiger partial charge in [-0.05, 0) is 43.0 Å². The first kappa shape index (κ1) is 21.9. The number of hydrogen-bond donors (Lipinski definition) is 1. The zero-order chi connectivity index (χ0) is 24.1. The predicted octanol–water partition coefficient (Wildman–Crippen LogP) is 4.54.